The minimum absolute atomic E-state index is 0.103. The van der Waals surface area contributed by atoms with Crippen molar-refractivity contribution in [1.29, 1.82) is 0 Å². The predicted octanol–water partition coefficient (Wildman–Crippen LogP) is 5.21. The third-order valence-corrected chi connectivity index (χ3v) is 5.84. The van der Waals surface area contributed by atoms with Gasteiger partial charge in [0.2, 0.25) is 0 Å². The zero-order valence-electron chi connectivity index (χ0n) is 14.2. The first kappa shape index (κ1) is 16.5. The summed E-state index contributed by atoms with van der Waals surface area (Å²) in [5.41, 5.74) is 1.37. The van der Waals surface area contributed by atoms with Crippen LogP contribution < -0.4 is 4.74 Å². The van der Waals surface area contributed by atoms with Gasteiger partial charge in [-0.2, -0.15) is 0 Å². The summed E-state index contributed by atoms with van der Waals surface area (Å²) >= 11 is 0. The van der Waals surface area contributed by atoms with Crippen LogP contribution in [0.5, 0.6) is 5.75 Å². The summed E-state index contributed by atoms with van der Waals surface area (Å²) in [7, 11) is 0. The van der Waals surface area contributed by atoms with Crippen LogP contribution in [0.2, 0.25) is 0 Å². The molecule has 0 saturated heterocycles. The third kappa shape index (κ3) is 3.59. The molecule has 1 unspecified atom stereocenters. The Morgan fingerprint density at radius 3 is 2.52 bits per heavy atom. The second kappa shape index (κ2) is 7.02. The number of carbonyl (C=O) groups is 1. The molecule has 1 heterocycles. The van der Waals surface area contributed by atoms with Crippen molar-refractivity contribution in [2.24, 2.45) is 17.8 Å². The lowest BCUT2D eigenvalue weighted by molar-refractivity contribution is -0.140. The molecular weight excluding hydrogens is 291 g/mol. The van der Waals surface area contributed by atoms with E-state index in [0.717, 1.165) is 30.2 Å². The van der Waals surface area contributed by atoms with Crippen molar-refractivity contribution in [2.45, 2.75) is 65.2 Å². The van der Waals surface area contributed by atoms with Crippen molar-refractivity contribution in [2.75, 3.05) is 0 Å². The minimum Gasteiger partial charge on any atom is -0.423 e. The number of esters is 1. The molecule has 126 valence electrons. The number of rotatable bonds is 4. The average molecular weight is 318 g/mol. The van der Waals surface area contributed by atoms with Crippen LogP contribution in [0.3, 0.4) is 0 Å². The van der Waals surface area contributed by atoms with Crippen LogP contribution in [0.4, 0.5) is 4.39 Å². The van der Waals surface area contributed by atoms with Gasteiger partial charge in [-0.3, -0.25) is 4.79 Å². The molecule has 0 amide bonds. The lowest BCUT2D eigenvalue weighted by atomic mass is 9.77. The number of hydrogen-bond donors (Lipinski definition) is 0. The van der Waals surface area contributed by atoms with Crippen LogP contribution >= 0.6 is 0 Å². The van der Waals surface area contributed by atoms with E-state index in [-0.39, 0.29) is 23.5 Å². The van der Waals surface area contributed by atoms with Crippen molar-refractivity contribution >= 4 is 5.97 Å². The molecule has 0 N–H and O–H groups in total. The van der Waals surface area contributed by atoms with Gasteiger partial charge >= 0.3 is 5.97 Å². The molecule has 0 aromatic heterocycles. The van der Waals surface area contributed by atoms with E-state index in [4.69, 9.17) is 4.74 Å². The average Bonchev–Trinajstić information content (AvgIpc) is 2.57. The van der Waals surface area contributed by atoms with Gasteiger partial charge in [0.1, 0.15) is 0 Å². The lowest BCUT2D eigenvalue weighted by Gasteiger charge is -2.29. The van der Waals surface area contributed by atoms with Crippen molar-refractivity contribution in [3.8, 4) is 5.75 Å². The Kier molecular flexibility index (Phi) is 5.03. The van der Waals surface area contributed by atoms with Gasteiger partial charge in [0, 0.05) is 0 Å². The molecule has 0 radical (unpaired) electrons. The molecule has 0 spiro atoms. The van der Waals surface area contributed by atoms with E-state index in [9.17, 15) is 9.18 Å². The first-order valence-corrected chi connectivity index (χ1v) is 9.08. The number of benzene rings is 1. The van der Waals surface area contributed by atoms with Gasteiger partial charge in [0.25, 0.3) is 0 Å². The molecule has 1 fully saturated rings. The quantitative estimate of drug-likeness (QED) is 0.563. The Labute approximate surface area is 138 Å². The number of halogens is 1. The van der Waals surface area contributed by atoms with Gasteiger partial charge in [-0.05, 0) is 49.1 Å². The van der Waals surface area contributed by atoms with Crippen molar-refractivity contribution < 1.29 is 13.9 Å². The van der Waals surface area contributed by atoms with E-state index in [2.05, 4.69) is 6.92 Å². The SMILES string of the molecule is CCC1CCC(CCC2Cc3ccc(C)c(F)c3OC2=O)CC1. The number of aryl methyl sites for hydroxylation is 1. The van der Waals surface area contributed by atoms with Gasteiger partial charge in [0.05, 0.1) is 5.92 Å². The zero-order valence-corrected chi connectivity index (χ0v) is 14.2. The summed E-state index contributed by atoms with van der Waals surface area (Å²) < 4.78 is 19.4. The standard InChI is InChI=1S/C20H27FO2/c1-3-14-5-7-15(8-6-14)9-11-17-12-16-10-4-13(2)18(21)19(16)23-20(17)22/h4,10,14-15,17H,3,5-9,11-12H2,1-2H3. The molecule has 1 aliphatic heterocycles. The molecule has 23 heavy (non-hydrogen) atoms. The minimum atomic E-state index is -0.382. The Morgan fingerprint density at radius 2 is 1.83 bits per heavy atom. The molecule has 2 nitrogen and oxygen atoms in total. The molecule has 3 heteroatoms. The van der Waals surface area contributed by atoms with Crippen LogP contribution in [-0.2, 0) is 11.2 Å². The van der Waals surface area contributed by atoms with Gasteiger partial charge in [-0.15, -0.1) is 0 Å². The Morgan fingerprint density at radius 1 is 1.13 bits per heavy atom. The van der Waals surface area contributed by atoms with Gasteiger partial charge in [-0.25, -0.2) is 4.39 Å². The van der Waals surface area contributed by atoms with Gasteiger partial charge in [0.15, 0.2) is 11.6 Å². The van der Waals surface area contributed by atoms with E-state index in [1.807, 2.05) is 6.07 Å². The van der Waals surface area contributed by atoms with Crippen molar-refractivity contribution in [1.82, 2.24) is 0 Å². The largest absolute Gasteiger partial charge is 0.423 e. The number of fused-ring (bicyclic) bond motifs is 1. The third-order valence-electron chi connectivity index (χ3n) is 5.84. The fraction of sp³-hybridized carbons (Fsp3) is 0.650. The highest BCUT2D eigenvalue weighted by Gasteiger charge is 2.31. The van der Waals surface area contributed by atoms with Crippen molar-refractivity contribution in [3.63, 3.8) is 0 Å². The molecular formula is C20H27FO2. The first-order valence-electron chi connectivity index (χ1n) is 9.08. The maximum absolute atomic E-state index is 14.1. The highest BCUT2D eigenvalue weighted by molar-refractivity contribution is 5.78. The summed E-state index contributed by atoms with van der Waals surface area (Å²) in [4.78, 5) is 12.2. The summed E-state index contributed by atoms with van der Waals surface area (Å²) in [6.07, 6.45) is 9.15. The Bertz CT molecular complexity index is 573. The smallest absolute Gasteiger partial charge is 0.314 e. The zero-order chi connectivity index (χ0) is 16.4. The monoisotopic (exact) mass is 318 g/mol. The van der Waals surface area contributed by atoms with E-state index in [0.29, 0.717) is 12.0 Å². The van der Waals surface area contributed by atoms with Gasteiger partial charge < -0.3 is 4.74 Å². The van der Waals surface area contributed by atoms with Crippen LogP contribution in [0.1, 0.15) is 63.0 Å². The number of hydrogen-bond acceptors (Lipinski definition) is 2. The molecule has 2 aliphatic rings. The molecule has 1 saturated carbocycles. The summed E-state index contributed by atoms with van der Waals surface area (Å²) in [5, 5.41) is 0. The van der Waals surface area contributed by atoms with Gasteiger partial charge in [-0.1, -0.05) is 51.2 Å². The van der Waals surface area contributed by atoms with E-state index >= 15 is 0 Å². The van der Waals surface area contributed by atoms with Crippen molar-refractivity contribution in [3.05, 3.63) is 29.1 Å². The maximum Gasteiger partial charge on any atom is 0.314 e. The van der Waals surface area contributed by atoms with E-state index in [1.54, 1.807) is 13.0 Å². The lowest BCUT2D eigenvalue weighted by Crippen LogP contribution is -2.29. The summed E-state index contributed by atoms with van der Waals surface area (Å²) in [6.45, 7) is 3.98. The second-order valence-electron chi connectivity index (χ2n) is 7.38. The second-order valence-corrected chi connectivity index (χ2v) is 7.38. The number of carbonyl (C=O) groups excluding carboxylic acids is 1. The predicted molar refractivity (Wildman–Crippen MR) is 88.9 cm³/mol. The topological polar surface area (TPSA) is 26.3 Å². The van der Waals surface area contributed by atoms with Crippen LogP contribution in [0, 0.1) is 30.5 Å². The molecule has 1 aromatic rings. The first-order chi connectivity index (χ1) is 11.1. The molecule has 1 aliphatic carbocycles. The highest BCUT2D eigenvalue weighted by atomic mass is 19.1. The Hall–Kier alpha value is -1.38. The highest BCUT2D eigenvalue weighted by Crippen LogP contribution is 2.37. The summed E-state index contributed by atoms with van der Waals surface area (Å²) in [5.74, 6) is 1.09. The van der Waals surface area contributed by atoms with Crippen LogP contribution in [-0.4, -0.2) is 5.97 Å². The molecule has 1 atom stereocenters. The van der Waals surface area contributed by atoms with E-state index < -0.39 is 0 Å². The summed E-state index contributed by atoms with van der Waals surface area (Å²) in [6, 6.07) is 3.68. The maximum atomic E-state index is 14.1. The molecule has 0 bridgehead atoms. The normalized spacial score (nSPS) is 27.4. The Balaban J connectivity index is 1.57. The fourth-order valence-electron chi connectivity index (χ4n) is 4.08. The van der Waals surface area contributed by atoms with Crippen LogP contribution in [0.25, 0.3) is 0 Å². The molecule has 3 rings (SSSR count). The van der Waals surface area contributed by atoms with E-state index in [1.165, 1.54) is 32.1 Å². The number of ether oxygens (including phenoxy) is 1. The van der Waals surface area contributed by atoms with Crippen LogP contribution in [0.15, 0.2) is 12.1 Å². The molecule has 1 aromatic carbocycles. The fourth-order valence-corrected chi connectivity index (χ4v) is 4.08.